The largest absolute Gasteiger partial charge is 0.496 e. The number of ether oxygens (including phenoxy) is 2. The van der Waals surface area contributed by atoms with Crippen molar-refractivity contribution in [2.45, 2.75) is 13.0 Å². The Balaban J connectivity index is 2.40. The lowest BCUT2D eigenvalue weighted by Crippen LogP contribution is -2.06. The highest BCUT2D eigenvalue weighted by molar-refractivity contribution is 5.41. The molecular weight excluding hydrogens is 261 g/mol. The third-order valence-electron chi connectivity index (χ3n) is 2.87. The molecule has 2 rings (SSSR count). The highest BCUT2D eigenvalue weighted by Crippen LogP contribution is 2.32. The number of aliphatic hydroxyl groups is 1. The van der Waals surface area contributed by atoms with Crippen molar-refractivity contribution in [3.63, 3.8) is 0 Å². The second-order valence-electron chi connectivity index (χ2n) is 4.15. The van der Waals surface area contributed by atoms with Crippen LogP contribution >= 0.6 is 0 Å². The summed E-state index contributed by atoms with van der Waals surface area (Å²) in [5.41, 5.74) is 0.532. The van der Waals surface area contributed by atoms with E-state index in [1.807, 2.05) is 6.92 Å². The van der Waals surface area contributed by atoms with Gasteiger partial charge in [-0.05, 0) is 25.1 Å². The van der Waals surface area contributed by atoms with E-state index in [-0.39, 0.29) is 5.56 Å². The molecule has 106 valence electrons. The number of aromatic nitrogens is 1. The highest BCUT2D eigenvalue weighted by atomic mass is 19.1. The zero-order valence-corrected chi connectivity index (χ0v) is 11.3. The fourth-order valence-electron chi connectivity index (χ4n) is 1.96. The second-order valence-corrected chi connectivity index (χ2v) is 4.15. The standard InChI is InChI=1S/C15H16FNO3/c1-3-20-11-7-10(8-17-9-11)15(18)14-12(16)5-4-6-13(14)19-2/h4-9,15,18H,3H2,1-2H3. The first-order valence-electron chi connectivity index (χ1n) is 6.25. The molecule has 4 nitrogen and oxygen atoms in total. The molecule has 0 saturated heterocycles. The van der Waals surface area contributed by atoms with Gasteiger partial charge in [-0.15, -0.1) is 0 Å². The van der Waals surface area contributed by atoms with Crippen molar-refractivity contribution in [3.05, 3.63) is 53.6 Å². The molecule has 20 heavy (non-hydrogen) atoms. The van der Waals surface area contributed by atoms with Crippen LogP contribution in [-0.2, 0) is 0 Å². The molecular formula is C15H16FNO3. The van der Waals surface area contributed by atoms with Gasteiger partial charge < -0.3 is 14.6 Å². The number of nitrogens with zero attached hydrogens (tertiary/aromatic N) is 1. The zero-order chi connectivity index (χ0) is 14.5. The van der Waals surface area contributed by atoms with E-state index in [1.54, 1.807) is 12.1 Å². The number of hydrogen-bond acceptors (Lipinski definition) is 4. The Morgan fingerprint density at radius 1 is 1.35 bits per heavy atom. The van der Waals surface area contributed by atoms with Gasteiger partial charge in [0.15, 0.2) is 0 Å². The number of rotatable bonds is 5. The Kier molecular flexibility index (Phi) is 4.53. The van der Waals surface area contributed by atoms with Gasteiger partial charge in [-0.2, -0.15) is 0 Å². The summed E-state index contributed by atoms with van der Waals surface area (Å²) in [5.74, 6) is 0.289. The van der Waals surface area contributed by atoms with Crippen molar-refractivity contribution in [2.24, 2.45) is 0 Å². The predicted molar refractivity (Wildman–Crippen MR) is 72.4 cm³/mol. The summed E-state index contributed by atoms with van der Waals surface area (Å²) in [6.45, 7) is 2.34. The monoisotopic (exact) mass is 277 g/mol. The molecule has 0 fully saturated rings. The Morgan fingerprint density at radius 2 is 2.15 bits per heavy atom. The first-order chi connectivity index (χ1) is 9.67. The van der Waals surface area contributed by atoms with Crippen LogP contribution < -0.4 is 9.47 Å². The van der Waals surface area contributed by atoms with Crippen molar-refractivity contribution in [1.29, 1.82) is 0 Å². The highest BCUT2D eigenvalue weighted by Gasteiger charge is 2.20. The van der Waals surface area contributed by atoms with Gasteiger partial charge in [-0.1, -0.05) is 6.07 Å². The van der Waals surface area contributed by atoms with E-state index in [0.29, 0.717) is 23.7 Å². The quantitative estimate of drug-likeness (QED) is 0.913. The second kappa shape index (κ2) is 6.34. The first-order valence-corrected chi connectivity index (χ1v) is 6.25. The van der Waals surface area contributed by atoms with E-state index in [2.05, 4.69) is 4.98 Å². The number of pyridine rings is 1. The first kappa shape index (κ1) is 14.3. The lowest BCUT2D eigenvalue weighted by atomic mass is 10.0. The summed E-state index contributed by atoms with van der Waals surface area (Å²) in [5, 5.41) is 10.4. The van der Waals surface area contributed by atoms with E-state index in [1.165, 1.54) is 31.6 Å². The Labute approximate surface area is 116 Å². The van der Waals surface area contributed by atoms with Crippen LogP contribution in [0.25, 0.3) is 0 Å². The van der Waals surface area contributed by atoms with Gasteiger partial charge in [0.05, 0.1) is 25.5 Å². The van der Waals surface area contributed by atoms with Crippen molar-refractivity contribution in [3.8, 4) is 11.5 Å². The smallest absolute Gasteiger partial charge is 0.137 e. The minimum absolute atomic E-state index is 0.0884. The molecule has 2 aromatic rings. The van der Waals surface area contributed by atoms with Crippen molar-refractivity contribution in [1.82, 2.24) is 4.98 Å². The van der Waals surface area contributed by atoms with E-state index in [9.17, 15) is 9.50 Å². The van der Waals surface area contributed by atoms with Crippen LogP contribution in [0.2, 0.25) is 0 Å². The molecule has 5 heteroatoms. The van der Waals surface area contributed by atoms with Gasteiger partial charge in [-0.3, -0.25) is 4.98 Å². The molecule has 0 bridgehead atoms. The van der Waals surface area contributed by atoms with Crippen LogP contribution in [0, 0.1) is 5.82 Å². The summed E-state index contributed by atoms with van der Waals surface area (Å²) >= 11 is 0. The van der Waals surface area contributed by atoms with Crippen LogP contribution in [0.5, 0.6) is 11.5 Å². The molecule has 0 aliphatic carbocycles. The molecule has 0 amide bonds. The molecule has 1 atom stereocenters. The Bertz CT molecular complexity index is 589. The van der Waals surface area contributed by atoms with E-state index < -0.39 is 11.9 Å². The summed E-state index contributed by atoms with van der Waals surface area (Å²) < 4.78 is 24.3. The van der Waals surface area contributed by atoms with Crippen LogP contribution in [0.1, 0.15) is 24.2 Å². The number of methoxy groups -OCH3 is 1. The third kappa shape index (κ3) is 2.88. The molecule has 0 aliphatic heterocycles. The van der Waals surface area contributed by atoms with Gasteiger partial charge in [0.25, 0.3) is 0 Å². The van der Waals surface area contributed by atoms with Gasteiger partial charge in [-0.25, -0.2) is 4.39 Å². The molecule has 0 saturated carbocycles. The maximum absolute atomic E-state index is 13.9. The SMILES string of the molecule is CCOc1cncc(C(O)c2c(F)cccc2OC)c1. The fraction of sp³-hybridized carbons (Fsp3) is 0.267. The molecule has 0 radical (unpaired) electrons. The van der Waals surface area contributed by atoms with Crippen molar-refractivity contribution in [2.75, 3.05) is 13.7 Å². The zero-order valence-electron chi connectivity index (χ0n) is 11.3. The summed E-state index contributed by atoms with van der Waals surface area (Å²) in [4.78, 5) is 3.99. The summed E-state index contributed by atoms with van der Waals surface area (Å²) in [7, 11) is 1.43. The maximum atomic E-state index is 13.9. The number of halogens is 1. The van der Waals surface area contributed by atoms with Gasteiger partial charge in [0, 0.05) is 11.8 Å². The number of aliphatic hydroxyl groups excluding tert-OH is 1. The van der Waals surface area contributed by atoms with Crippen LogP contribution in [0.3, 0.4) is 0 Å². The normalized spacial score (nSPS) is 12.0. The maximum Gasteiger partial charge on any atom is 0.137 e. The Morgan fingerprint density at radius 3 is 2.85 bits per heavy atom. The molecule has 0 spiro atoms. The van der Waals surface area contributed by atoms with Crippen LogP contribution in [0.15, 0.2) is 36.7 Å². The van der Waals surface area contributed by atoms with E-state index in [4.69, 9.17) is 9.47 Å². The molecule has 1 heterocycles. The third-order valence-corrected chi connectivity index (χ3v) is 2.87. The molecule has 1 aromatic carbocycles. The topological polar surface area (TPSA) is 51.6 Å². The van der Waals surface area contributed by atoms with Gasteiger partial charge in [0.1, 0.15) is 23.4 Å². The average Bonchev–Trinajstić information content (AvgIpc) is 2.47. The molecule has 1 unspecified atom stereocenters. The fourth-order valence-corrected chi connectivity index (χ4v) is 1.96. The van der Waals surface area contributed by atoms with E-state index in [0.717, 1.165) is 0 Å². The lowest BCUT2D eigenvalue weighted by molar-refractivity contribution is 0.207. The predicted octanol–water partition coefficient (Wildman–Crippen LogP) is 2.71. The molecule has 0 aliphatic rings. The molecule has 1 aromatic heterocycles. The van der Waals surface area contributed by atoms with Gasteiger partial charge >= 0.3 is 0 Å². The lowest BCUT2D eigenvalue weighted by Gasteiger charge is -2.16. The Hall–Kier alpha value is -2.14. The number of hydrogen-bond donors (Lipinski definition) is 1. The van der Waals surface area contributed by atoms with Crippen LogP contribution in [-0.4, -0.2) is 23.8 Å². The van der Waals surface area contributed by atoms with Gasteiger partial charge in [0.2, 0.25) is 0 Å². The van der Waals surface area contributed by atoms with Crippen molar-refractivity contribution < 1.29 is 19.0 Å². The average molecular weight is 277 g/mol. The van der Waals surface area contributed by atoms with Crippen molar-refractivity contribution >= 4 is 0 Å². The van der Waals surface area contributed by atoms with Crippen LogP contribution in [0.4, 0.5) is 4.39 Å². The minimum Gasteiger partial charge on any atom is -0.496 e. The summed E-state index contributed by atoms with van der Waals surface area (Å²) in [6, 6.07) is 6.04. The number of benzene rings is 1. The van der Waals surface area contributed by atoms with E-state index >= 15 is 0 Å². The minimum atomic E-state index is -1.17. The molecule has 1 N–H and O–H groups in total. The summed E-state index contributed by atoms with van der Waals surface area (Å²) in [6.07, 6.45) is 1.84.